The Balaban J connectivity index is 2.97. The summed E-state index contributed by atoms with van der Waals surface area (Å²) in [6.07, 6.45) is -0.124. The molecule has 0 spiro atoms. The molecule has 0 saturated carbocycles. The van der Waals surface area contributed by atoms with Gasteiger partial charge in [-0.05, 0) is 12.5 Å². The Hall–Kier alpha value is -3.15. The second-order valence-corrected chi connectivity index (χ2v) is 5.10. The first kappa shape index (κ1) is 18.9. The number of carbonyl (C=O) groups is 3. The van der Waals surface area contributed by atoms with Crippen LogP contribution in [0.5, 0.6) is 5.75 Å². The highest BCUT2D eigenvalue weighted by molar-refractivity contribution is 5.90. The maximum absolute atomic E-state index is 12.3. The highest BCUT2D eigenvalue weighted by Crippen LogP contribution is 2.22. The van der Waals surface area contributed by atoms with Crippen molar-refractivity contribution >= 4 is 23.5 Å². The summed E-state index contributed by atoms with van der Waals surface area (Å²) in [5, 5.41) is 25.5. The fourth-order valence-electron chi connectivity index (χ4n) is 2.01. The number of hydrogen-bond donors (Lipinski definition) is 2. The molecular formula is C15H18N4O5. The number of hydrogen-bond acceptors (Lipinski definition) is 6. The Kier molecular flexibility index (Phi) is 6.67. The molecule has 0 aliphatic heterocycles. The Morgan fingerprint density at radius 3 is 2.54 bits per heavy atom. The molecule has 128 valence electrons. The van der Waals surface area contributed by atoms with Crippen LogP contribution in [-0.4, -0.2) is 37.0 Å². The topological polar surface area (TPSA) is 136 Å². The molecule has 0 fully saturated rings. The number of amides is 2. The Morgan fingerprint density at radius 2 is 2.00 bits per heavy atom. The van der Waals surface area contributed by atoms with E-state index in [2.05, 4.69) is 20.3 Å². The van der Waals surface area contributed by atoms with E-state index in [0.29, 0.717) is 0 Å². The minimum atomic E-state index is -1.07. The van der Waals surface area contributed by atoms with Gasteiger partial charge in [-0.3, -0.25) is 9.59 Å². The molecule has 9 nitrogen and oxygen atoms in total. The molecule has 1 rings (SSSR count). The van der Waals surface area contributed by atoms with Gasteiger partial charge >= 0.3 is 11.7 Å². The minimum Gasteiger partial charge on any atom is -0.872 e. The van der Waals surface area contributed by atoms with E-state index < -0.39 is 29.9 Å². The zero-order valence-electron chi connectivity index (χ0n) is 13.5. The van der Waals surface area contributed by atoms with Gasteiger partial charge in [0.25, 0.3) is 0 Å². The second kappa shape index (κ2) is 8.47. The lowest BCUT2D eigenvalue weighted by Gasteiger charge is -2.22. The Labute approximate surface area is 138 Å². The lowest BCUT2D eigenvalue weighted by molar-refractivity contribution is -0.269. The highest BCUT2D eigenvalue weighted by Gasteiger charge is 2.25. The first-order valence-corrected chi connectivity index (χ1v) is 7.08. The van der Waals surface area contributed by atoms with Crippen molar-refractivity contribution in [2.24, 2.45) is 0 Å². The van der Waals surface area contributed by atoms with Gasteiger partial charge in [0.1, 0.15) is 12.1 Å². The standard InChI is InChI=1S/C15H18N4O5/c1-8(15(23)24-3)17-14(22)12(18-9(2)20)7-10-6-11(19-16)4-5-13(10)21/h4-6,8,12H,7H2,1-3H3,(H2-,17,18,20,21,22)/t8-,12-/m0/s1. The fraction of sp³-hybridized carbons (Fsp3) is 0.400. The Bertz CT molecular complexity index is 683. The van der Waals surface area contributed by atoms with E-state index in [4.69, 9.17) is 5.39 Å². The number of rotatable bonds is 6. The number of carbonyl (C=O) groups excluding carboxylic acids is 3. The van der Waals surface area contributed by atoms with Gasteiger partial charge in [0.15, 0.2) is 4.98 Å². The van der Waals surface area contributed by atoms with E-state index in [1.807, 2.05) is 0 Å². The summed E-state index contributed by atoms with van der Waals surface area (Å²) >= 11 is 0. The van der Waals surface area contributed by atoms with Crippen LogP contribution in [0.1, 0.15) is 19.4 Å². The predicted molar refractivity (Wildman–Crippen MR) is 81.6 cm³/mol. The summed E-state index contributed by atoms with van der Waals surface area (Å²) in [4.78, 5) is 37.9. The monoisotopic (exact) mass is 334 g/mol. The van der Waals surface area contributed by atoms with Gasteiger partial charge in [0.05, 0.1) is 7.11 Å². The minimum absolute atomic E-state index is 0.124. The quantitative estimate of drug-likeness (QED) is 0.554. The SMILES string of the molecule is COC(=O)[C@H](C)NC(=O)[C@H](Cc1cc([N+]#N)ccc1[O-])NC(C)=O. The van der Waals surface area contributed by atoms with Gasteiger partial charge in [-0.2, -0.15) is 0 Å². The third-order valence-electron chi connectivity index (χ3n) is 3.19. The van der Waals surface area contributed by atoms with E-state index in [0.717, 1.165) is 0 Å². The van der Waals surface area contributed by atoms with Crippen LogP contribution < -0.4 is 15.7 Å². The predicted octanol–water partition coefficient (Wildman–Crippen LogP) is -0.0303. The summed E-state index contributed by atoms with van der Waals surface area (Å²) in [6, 6.07) is 1.84. The van der Waals surface area contributed by atoms with Gasteiger partial charge in [-0.25, -0.2) is 4.79 Å². The van der Waals surface area contributed by atoms with Crippen LogP contribution in [0.4, 0.5) is 5.69 Å². The average Bonchev–Trinajstić information content (AvgIpc) is 2.54. The van der Waals surface area contributed by atoms with E-state index in [9.17, 15) is 19.5 Å². The summed E-state index contributed by atoms with van der Waals surface area (Å²) in [5.74, 6) is -2.13. The lowest BCUT2D eigenvalue weighted by Crippen LogP contribution is -2.51. The first-order chi connectivity index (χ1) is 11.3. The van der Waals surface area contributed by atoms with Crippen LogP contribution in [0.2, 0.25) is 0 Å². The zero-order valence-corrected chi connectivity index (χ0v) is 13.5. The number of methoxy groups -OCH3 is 1. The molecule has 24 heavy (non-hydrogen) atoms. The molecule has 0 unspecified atom stereocenters. The zero-order chi connectivity index (χ0) is 18.3. The number of diazo groups is 1. The number of ether oxygens (including phenoxy) is 1. The maximum atomic E-state index is 12.3. The number of benzene rings is 1. The van der Waals surface area contributed by atoms with Crippen LogP contribution in [0.25, 0.3) is 4.98 Å². The summed E-state index contributed by atoms with van der Waals surface area (Å²) < 4.78 is 4.51. The van der Waals surface area contributed by atoms with Crippen LogP contribution in [-0.2, 0) is 25.5 Å². The van der Waals surface area contributed by atoms with Crippen molar-refractivity contribution in [2.45, 2.75) is 32.4 Å². The fourth-order valence-corrected chi connectivity index (χ4v) is 2.01. The molecule has 0 heterocycles. The van der Waals surface area contributed by atoms with Crippen molar-refractivity contribution in [1.29, 1.82) is 5.39 Å². The van der Waals surface area contributed by atoms with E-state index in [1.54, 1.807) is 0 Å². The van der Waals surface area contributed by atoms with E-state index >= 15 is 0 Å². The van der Waals surface area contributed by atoms with E-state index in [1.165, 1.54) is 39.2 Å². The van der Waals surface area contributed by atoms with Crippen molar-refractivity contribution in [2.75, 3.05) is 7.11 Å². The van der Waals surface area contributed by atoms with Crippen LogP contribution >= 0.6 is 0 Å². The molecule has 2 N–H and O–H groups in total. The Morgan fingerprint density at radius 1 is 1.33 bits per heavy atom. The van der Waals surface area contributed by atoms with Gasteiger partial charge in [0.2, 0.25) is 17.2 Å². The molecule has 9 heteroatoms. The number of nitrogens with one attached hydrogen (secondary N) is 2. The van der Waals surface area contributed by atoms with Gasteiger partial charge in [-0.1, -0.05) is 6.07 Å². The molecule has 0 saturated heterocycles. The normalized spacial score (nSPS) is 12.4. The molecule has 2 amide bonds. The van der Waals surface area contributed by atoms with Gasteiger partial charge in [0, 0.05) is 25.5 Å². The second-order valence-electron chi connectivity index (χ2n) is 5.10. The largest absolute Gasteiger partial charge is 0.872 e. The molecule has 0 bridgehead atoms. The molecule has 0 radical (unpaired) electrons. The summed E-state index contributed by atoms with van der Waals surface area (Å²) in [5.41, 5.74) is 0.333. The van der Waals surface area contributed by atoms with Crippen molar-refractivity contribution in [3.63, 3.8) is 0 Å². The first-order valence-electron chi connectivity index (χ1n) is 7.08. The van der Waals surface area contributed by atoms with Crippen molar-refractivity contribution in [3.05, 3.63) is 28.7 Å². The molecule has 1 aromatic carbocycles. The van der Waals surface area contributed by atoms with Crippen molar-refractivity contribution in [3.8, 4) is 5.75 Å². The molecule has 0 aromatic heterocycles. The molecular weight excluding hydrogens is 316 g/mol. The van der Waals surface area contributed by atoms with Gasteiger partial charge < -0.3 is 20.5 Å². The molecule has 1 aromatic rings. The highest BCUT2D eigenvalue weighted by atomic mass is 16.5. The number of nitrogens with zero attached hydrogens (tertiary/aromatic N) is 2. The third kappa shape index (κ3) is 5.24. The van der Waals surface area contributed by atoms with E-state index in [-0.39, 0.29) is 23.4 Å². The molecule has 2 atom stereocenters. The summed E-state index contributed by atoms with van der Waals surface area (Å²) in [6.45, 7) is 2.65. The van der Waals surface area contributed by atoms with Crippen LogP contribution in [0.15, 0.2) is 18.2 Å². The molecule has 0 aliphatic carbocycles. The van der Waals surface area contributed by atoms with Crippen molar-refractivity contribution < 1.29 is 24.2 Å². The average molecular weight is 334 g/mol. The van der Waals surface area contributed by atoms with Crippen molar-refractivity contribution in [1.82, 2.24) is 10.6 Å². The molecule has 0 aliphatic rings. The van der Waals surface area contributed by atoms with Gasteiger partial charge in [-0.15, -0.1) is 5.75 Å². The van der Waals surface area contributed by atoms with Crippen LogP contribution in [0.3, 0.4) is 0 Å². The lowest BCUT2D eigenvalue weighted by atomic mass is 10.0. The van der Waals surface area contributed by atoms with Crippen LogP contribution in [0, 0.1) is 5.39 Å². The third-order valence-corrected chi connectivity index (χ3v) is 3.19. The number of esters is 1. The maximum Gasteiger partial charge on any atom is 0.385 e. The smallest absolute Gasteiger partial charge is 0.385 e. The summed E-state index contributed by atoms with van der Waals surface area (Å²) in [7, 11) is 1.18.